The van der Waals surface area contributed by atoms with Crippen molar-refractivity contribution < 1.29 is 14.3 Å². The zero-order valence-corrected chi connectivity index (χ0v) is 15.9. The summed E-state index contributed by atoms with van der Waals surface area (Å²) in [4.78, 5) is 35.4. The number of carbonyl (C=O) groups excluding carboxylic acids is 2. The maximum atomic E-state index is 12.1. The number of benzene rings is 1. The number of hydrogen-bond acceptors (Lipinski definition) is 5. The molecule has 1 amide bonds. The van der Waals surface area contributed by atoms with Gasteiger partial charge in [0.15, 0.2) is 6.10 Å². The maximum Gasteiger partial charge on any atom is 0.326 e. The molecule has 0 spiro atoms. The van der Waals surface area contributed by atoms with Gasteiger partial charge in [0, 0.05) is 15.5 Å². The lowest BCUT2D eigenvalue weighted by atomic mass is 10.2. The number of amides is 1. The Morgan fingerprint density at radius 3 is 2.67 bits per heavy atom. The smallest absolute Gasteiger partial charge is 0.326 e. The Morgan fingerprint density at radius 2 is 2.08 bits per heavy atom. The summed E-state index contributed by atoms with van der Waals surface area (Å²) < 4.78 is 7.17. The number of aryl methyl sites for hydroxylation is 2. The second-order valence-corrected chi connectivity index (χ2v) is 7.01. The standard InChI is InChI=1S/C16H17BrN2O4S/c1-9-4-5-13(12(17)6-9)18-15(21)11(3)23-14(20)7-19-10(2)8-24-16(19)22/h4-6,8,11H,7H2,1-3H3,(H,18,21)/t11-/m0/s1. The summed E-state index contributed by atoms with van der Waals surface area (Å²) in [6, 6.07) is 5.50. The third-order valence-corrected chi connectivity index (χ3v) is 4.86. The molecule has 1 N–H and O–H groups in total. The zero-order valence-electron chi connectivity index (χ0n) is 13.5. The van der Waals surface area contributed by atoms with Gasteiger partial charge in [-0.3, -0.25) is 19.0 Å². The van der Waals surface area contributed by atoms with Gasteiger partial charge in [0.05, 0.1) is 5.69 Å². The molecule has 2 aromatic rings. The minimum atomic E-state index is -0.972. The number of thiazole rings is 1. The van der Waals surface area contributed by atoms with Gasteiger partial charge in [-0.15, -0.1) is 0 Å². The maximum absolute atomic E-state index is 12.1. The van der Waals surface area contributed by atoms with Crippen LogP contribution in [0.5, 0.6) is 0 Å². The second-order valence-electron chi connectivity index (χ2n) is 5.33. The van der Waals surface area contributed by atoms with E-state index in [1.807, 2.05) is 19.1 Å². The van der Waals surface area contributed by atoms with Crippen molar-refractivity contribution in [2.24, 2.45) is 0 Å². The molecule has 0 saturated carbocycles. The summed E-state index contributed by atoms with van der Waals surface area (Å²) >= 11 is 4.39. The molecule has 0 unspecified atom stereocenters. The van der Waals surface area contributed by atoms with Gasteiger partial charge in [0.1, 0.15) is 6.54 Å². The van der Waals surface area contributed by atoms with Gasteiger partial charge in [-0.1, -0.05) is 17.4 Å². The Balaban J connectivity index is 1.96. The van der Waals surface area contributed by atoms with Crippen molar-refractivity contribution in [3.8, 4) is 0 Å². The van der Waals surface area contributed by atoms with Crippen molar-refractivity contribution in [2.75, 3.05) is 5.32 Å². The molecule has 1 aromatic carbocycles. The highest BCUT2D eigenvalue weighted by Gasteiger charge is 2.19. The van der Waals surface area contributed by atoms with Crippen molar-refractivity contribution in [3.63, 3.8) is 0 Å². The Hall–Kier alpha value is -1.93. The fourth-order valence-corrected chi connectivity index (χ4v) is 3.30. The summed E-state index contributed by atoms with van der Waals surface area (Å²) in [5, 5.41) is 4.36. The number of esters is 1. The molecule has 24 heavy (non-hydrogen) atoms. The largest absolute Gasteiger partial charge is 0.451 e. The molecule has 0 aliphatic rings. The number of carbonyl (C=O) groups is 2. The first-order valence-electron chi connectivity index (χ1n) is 7.19. The molecule has 1 atom stereocenters. The van der Waals surface area contributed by atoms with Crippen LogP contribution in [0.25, 0.3) is 0 Å². The highest BCUT2D eigenvalue weighted by molar-refractivity contribution is 9.10. The number of aromatic nitrogens is 1. The fourth-order valence-electron chi connectivity index (χ4n) is 1.97. The van der Waals surface area contributed by atoms with Crippen molar-refractivity contribution in [1.29, 1.82) is 0 Å². The predicted molar refractivity (Wildman–Crippen MR) is 96.4 cm³/mol. The number of ether oxygens (including phenoxy) is 1. The molecule has 2 rings (SSSR count). The Kier molecular flexibility index (Phi) is 5.95. The highest BCUT2D eigenvalue weighted by Crippen LogP contribution is 2.23. The summed E-state index contributed by atoms with van der Waals surface area (Å²) in [7, 11) is 0. The summed E-state index contributed by atoms with van der Waals surface area (Å²) in [6.07, 6.45) is -0.972. The molecule has 6 nitrogen and oxygen atoms in total. The lowest BCUT2D eigenvalue weighted by Gasteiger charge is -2.15. The molecule has 128 valence electrons. The van der Waals surface area contributed by atoms with E-state index in [4.69, 9.17) is 4.74 Å². The first kappa shape index (κ1) is 18.4. The summed E-state index contributed by atoms with van der Waals surface area (Å²) in [5.41, 5.74) is 2.33. The van der Waals surface area contributed by atoms with Crippen molar-refractivity contribution >= 4 is 44.8 Å². The molecule has 0 aliphatic carbocycles. The van der Waals surface area contributed by atoms with Crippen molar-refractivity contribution in [1.82, 2.24) is 4.57 Å². The van der Waals surface area contributed by atoms with Gasteiger partial charge in [-0.05, 0) is 54.4 Å². The van der Waals surface area contributed by atoms with Gasteiger partial charge in [-0.2, -0.15) is 0 Å². The predicted octanol–water partition coefficient (Wildman–Crippen LogP) is 2.86. The number of anilines is 1. The van der Waals surface area contributed by atoms with E-state index in [2.05, 4.69) is 21.2 Å². The number of nitrogens with one attached hydrogen (secondary N) is 1. The summed E-state index contributed by atoms with van der Waals surface area (Å²) in [5.74, 6) is -1.08. The summed E-state index contributed by atoms with van der Waals surface area (Å²) in [6.45, 7) is 4.95. The van der Waals surface area contributed by atoms with Crippen LogP contribution in [0.15, 0.2) is 32.8 Å². The second kappa shape index (κ2) is 7.76. The molecular weight excluding hydrogens is 396 g/mol. The quantitative estimate of drug-likeness (QED) is 0.765. The van der Waals surface area contributed by atoms with E-state index in [9.17, 15) is 14.4 Å². The van der Waals surface area contributed by atoms with E-state index in [0.29, 0.717) is 11.4 Å². The van der Waals surface area contributed by atoms with E-state index in [-0.39, 0.29) is 11.4 Å². The number of hydrogen-bond donors (Lipinski definition) is 1. The van der Waals surface area contributed by atoms with Gasteiger partial charge in [-0.25, -0.2) is 0 Å². The van der Waals surface area contributed by atoms with Crippen LogP contribution in [0.2, 0.25) is 0 Å². The van der Waals surface area contributed by atoms with Gasteiger partial charge < -0.3 is 10.1 Å². The SMILES string of the molecule is Cc1ccc(NC(=O)[C@H](C)OC(=O)Cn2c(C)csc2=O)c(Br)c1. The third-order valence-electron chi connectivity index (χ3n) is 3.32. The topological polar surface area (TPSA) is 77.4 Å². The third kappa shape index (κ3) is 4.55. The van der Waals surface area contributed by atoms with Crippen LogP contribution in [-0.2, 0) is 20.9 Å². The minimum Gasteiger partial charge on any atom is -0.451 e. The first-order chi connectivity index (χ1) is 11.3. The van der Waals surface area contributed by atoms with Crippen LogP contribution in [0.3, 0.4) is 0 Å². The Morgan fingerprint density at radius 1 is 1.38 bits per heavy atom. The molecule has 1 heterocycles. The van der Waals surface area contributed by atoms with E-state index in [1.165, 1.54) is 11.5 Å². The van der Waals surface area contributed by atoms with Gasteiger partial charge in [0.25, 0.3) is 5.91 Å². The van der Waals surface area contributed by atoms with E-state index < -0.39 is 18.0 Å². The van der Waals surface area contributed by atoms with Crippen LogP contribution in [0.1, 0.15) is 18.2 Å². The molecular formula is C16H17BrN2O4S. The van der Waals surface area contributed by atoms with E-state index in [1.54, 1.807) is 18.4 Å². The first-order valence-corrected chi connectivity index (χ1v) is 8.86. The van der Waals surface area contributed by atoms with Crippen LogP contribution in [0.4, 0.5) is 5.69 Å². The van der Waals surface area contributed by atoms with Crippen LogP contribution in [-0.4, -0.2) is 22.5 Å². The lowest BCUT2D eigenvalue weighted by Crippen LogP contribution is -2.32. The van der Waals surface area contributed by atoms with Crippen LogP contribution in [0, 0.1) is 13.8 Å². The van der Waals surface area contributed by atoms with Gasteiger partial charge in [0.2, 0.25) is 0 Å². The van der Waals surface area contributed by atoms with Crippen molar-refractivity contribution in [2.45, 2.75) is 33.4 Å². The molecule has 0 saturated heterocycles. The molecule has 0 radical (unpaired) electrons. The number of rotatable bonds is 5. The molecule has 8 heteroatoms. The van der Waals surface area contributed by atoms with Crippen LogP contribution >= 0.6 is 27.3 Å². The number of nitrogens with zero attached hydrogens (tertiary/aromatic N) is 1. The van der Waals surface area contributed by atoms with E-state index >= 15 is 0 Å². The lowest BCUT2D eigenvalue weighted by molar-refractivity contribution is -0.153. The molecule has 0 fully saturated rings. The molecule has 0 bridgehead atoms. The average Bonchev–Trinajstić information content (AvgIpc) is 2.81. The van der Waals surface area contributed by atoms with E-state index in [0.717, 1.165) is 21.4 Å². The molecule has 1 aromatic heterocycles. The fraction of sp³-hybridized carbons (Fsp3) is 0.312. The average molecular weight is 413 g/mol. The normalized spacial score (nSPS) is 11.8. The Labute approximate surface area is 151 Å². The zero-order chi connectivity index (χ0) is 17.9. The van der Waals surface area contributed by atoms with Crippen LogP contribution < -0.4 is 10.2 Å². The number of halogens is 1. The van der Waals surface area contributed by atoms with Crippen molar-refractivity contribution in [3.05, 3.63) is 49.0 Å². The molecule has 0 aliphatic heterocycles. The Bertz CT molecular complexity index is 828. The minimum absolute atomic E-state index is 0.208. The highest BCUT2D eigenvalue weighted by atomic mass is 79.9. The monoisotopic (exact) mass is 412 g/mol. The van der Waals surface area contributed by atoms with Gasteiger partial charge >= 0.3 is 10.8 Å².